The van der Waals surface area contributed by atoms with Crippen molar-refractivity contribution in [1.29, 1.82) is 0 Å². The number of nitrogens with one attached hydrogen (secondary N) is 2. The molecule has 8 nitrogen and oxygen atoms in total. The number of likely N-dealkylation sites (tertiary alicyclic amines) is 1. The van der Waals surface area contributed by atoms with E-state index in [2.05, 4.69) is 10.6 Å². The molecule has 0 radical (unpaired) electrons. The highest BCUT2D eigenvalue weighted by Crippen LogP contribution is 2.35. The van der Waals surface area contributed by atoms with Gasteiger partial charge in [0.2, 0.25) is 11.8 Å². The second-order valence-corrected chi connectivity index (χ2v) is 10.4. The molecule has 0 unspecified atom stereocenters. The highest BCUT2D eigenvalue weighted by atomic mass is 35.5. The van der Waals surface area contributed by atoms with Crippen LogP contribution in [0, 0.1) is 12.8 Å². The Labute approximate surface area is 235 Å². The van der Waals surface area contributed by atoms with Crippen LogP contribution in [-0.4, -0.2) is 65.6 Å². The van der Waals surface area contributed by atoms with Crippen LogP contribution in [0.1, 0.15) is 34.3 Å². The van der Waals surface area contributed by atoms with E-state index in [-0.39, 0.29) is 12.5 Å². The smallest absolute Gasteiger partial charge is 0.328 e. The van der Waals surface area contributed by atoms with Crippen LogP contribution in [0.15, 0.2) is 47.4 Å². The molecule has 1 fully saturated rings. The summed E-state index contributed by atoms with van der Waals surface area (Å²) in [5.41, 5.74) is 1.83. The Bertz CT molecular complexity index is 1250. The van der Waals surface area contributed by atoms with Crippen LogP contribution in [0.2, 0.25) is 10.0 Å². The fourth-order valence-electron chi connectivity index (χ4n) is 4.07. The van der Waals surface area contributed by atoms with E-state index >= 15 is 0 Å². The van der Waals surface area contributed by atoms with Crippen LogP contribution in [0.3, 0.4) is 0 Å². The molecule has 0 spiro atoms. The molecule has 11 heteroatoms. The van der Waals surface area contributed by atoms with Crippen LogP contribution < -0.4 is 10.6 Å². The molecule has 2 aromatic rings. The van der Waals surface area contributed by atoms with Gasteiger partial charge in [-0.2, -0.15) is 0 Å². The number of thioether (sulfide) groups is 1. The fourth-order valence-corrected chi connectivity index (χ4v) is 5.24. The molecule has 1 heterocycles. The Hall–Kier alpha value is -3.01. The largest absolute Gasteiger partial charge is 0.480 e. The van der Waals surface area contributed by atoms with Crippen LogP contribution in [0.4, 0.5) is 0 Å². The van der Waals surface area contributed by atoms with Gasteiger partial charge in [0, 0.05) is 42.1 Å². The topological polar surface area (TPSA) is 116 Å². The normalized spacial score (nSPS) is 14.8. The molecule has 1 aliphatic rings. The number of piperidine rings is 1. The third-order valence-electron chi connectivity index (χ3n) is 6.35. The maximum absolute atomic E-state index is 12.8. The number of aryl methyl sites for hydroxylation is 1. The monoisotopic (exact) mass is 577 g/mol. The van der Waals surface area contributed by atoms with Gasteiger partial charge in [-0.3, -0.25) is 14.4 Å². The van der Waals surface area contributed by atoms with Crippen molar-refractivity contribution in [3.05, 3.63) is 69.2 Å². The number of hydrogen-bond acceptors (Lipinski definition) is 5. The van der Waals surface area contributed by atoms with E-state index in [0.29, 0.717) is 47.1 Å². The lowest BCUT2D eigenvalue weighted by Crippen LogP contribution is -2.51. The van der Waals surface area contributed by atoms with E-state index in [4.69, 9.17) is 23.2 Å². The summed E-state index contributed by atoms with van der Waals surface area (Å²) in [6, 6.07) is 9.32. The Morgan fingerprint density at radius 3 is 2.42 bits per heavy atom. The lowest BCUT2D eigenvalue weighted by molar-refractivity contribution is -0.142. The third kappa shape index (κ3) is 7.52. The first-order valence-electron chi connectivity index (χ1n) is 12.0. The van der Waals surface area contributed by atoms with Gasteiger partial charge in [-0.15, -0.1) is 11.8 Å². The Morgan fingerprint density at radius 1 is 1.11 bits per heavy atom. The molecule has 1 saturated heterocycles. The first kappa shape index (κ1) is 29.5. The van der Waals surface area contributed by atoms with Crippen LogP contribution in [0.25, 0.3) is 6.08 Å². The van der Waals surface area contributed by atoms with Gasteiger partial charge < -0.3 is 20.6 Å². The first-order chi connectivity index (χ1) is 18.1. The molecule has 1 aliphatic heterocycles. The average Bonchev–Trinajstić information content (AvgIpc) is 2.91. The summed E-state index contributed by atoms with van der Waals surface area (Å²) >= 11 is 14.0. The molecule has 38 heavy (non-hydrogen) atoms. The Morgan fingerprint density at radius 2 is 1.79 bits per heavy atom. The molecular formula is C27H29Cl2N3O5S. The van der Waals surface area contributed by atoms with Crippen LogP contribution in [0.5, 0.6) is 0 Å². The van der Waals surface area contributed by atoms with Crippen molar-refractivity contribution in [1.82, 2.24) is 15.5 Å². The molecule has 0 bridgehead atoms. The van der Waals surface area contributed by atoms with Crippen molar-refractivity contribution in [2.45, 2.75) is 30.7 Å². The number of halogens is 2. The van der Waals surface area contributed by atoms with Crippen molar-refractivity contribution in [2.75, 3.05) is 25.9 Å². The first-order valence-corrected chi connectivity index (χ1v) is 14.0. The van der Waals surface area contributed by atoms with Gasteiger partial charge in [-0.05, 0) is 55.4 Å². The SMILES string of the molecule is CSc1ccc(C=CC(=O)N2CCC(C(=O)N[C@@H](CNC(=O)c3ccccc3C)C(=O)O)CC2)c(Cl)c1Cl. The molecule has 0 aromatic heterocycles. The zero-order valence-electron chi connectivity index (χ0n) is 21.0. The highest BCUT2D eigenvalue weighted by molar-refractivity contribution is 7.98. The maximum Gasteiger partial charge on any atom is 0.328 e. The van der Waals surface area contributed by atoms with E-state index in [1.165, 1.54) is 17.8 Å². The van der Waals surface area contributed by atoms with Crippen molar-refractivity contribution in [3.63, 3.8) is 0 Å². The van der Waals surface area contributed by atoms with E-state index < -0.39 is 29.7 Å². The van der Waals surface area contributed by atoms with Gasteiger partial charge in [0.15, 0.2) is 0 Å². The molecule has 1 atom stereocenters. The second kappa shape index (κ2) is 13.7. The summed E-state index contributed by atoms with van der Waals surface area (Å²) in [6.45, 7) is 2.23. The van der Waals surface area contributed by atoms with Crippen LogP contribution in [-0.2, 0) is 14.4 Å². The third-order valence-corrected chi connectivity index (χ3v) is 8.14. The zero-order chi connectivity index (χ0) is 27.8. The van der Waals surface area contributed by atoms with Gasteiger partial charge in [-0.25, -0.2) is 4.79 Å². The van der Waals surface area contributed by atoms with Gasteiger partial charge in [0.1, 0.15) is 6.04 Å². The highest BCUT2D eigenvalue weighted by Gasteiger charge is 2.30. The number of carboxylic acids is 1. The van der Waals surface area contributed by atoms with E-state index in [9.17, 15) is 24.3 Å². The number of aliphatic carboxylic acids is 1. The molecular weight excluding hydrogens is 549 g/mol. The predicted molar refractivity (Wildman–Crippen MR) is 150 cm³/mol. The zero-order valence-corrected chi connectivity index (χ0v) is 23.3. The van der Waals surface area contributed by atoms with Crippen molar-refractivity contribution < 1.29 is 24.3 Å². The lowest BCUT2D eigenvalue weighted by atomic mass is 9.95. The quantitative estimate of drug-likeness (QED) is 0.302. The number of amides is 3. The van der Waals surface area contributed by atoms with Crippen molar-refractivity contribution in [2.24, 2.45) is 5.92 Å². The summed E-state index contributed by atoms with van der Waals surface area (Å²) in [5.74, 6) is -2.73. The molecule has 3 rings (SSSR count). The molecule has 202 valence electrons. The minimum atomic E-state index is -1.27. The molecule has 2 aromatic carbocycles. The summed E-state index contributed by atoms with van der Waals surface area (Å²) < 4.78 is 0. The summed E-state index contributed by atoms with van der Waals surface area (Å²) in [4.78, 5) is 52.0. The minimum absolute atomic E-state index is 0.215. The molecule has 0 saturated carbocycles. The van der Waals surface area contributed by atoms with Crippen molar-refractivity contribution >= 4 is 64.7 Å². The van der Waals surface area contributed by atoms with Crippen LogP contribution >= 0.6 is 35.0 Å². The molecule has 3 amide bonds. The van der Waals surface area contributed by atoms with Gasteiger partial charge >= 0.3 is 5.97 Å². The molecule has 3 N–H and O–H groups in total. The number of hydrogen-bond donors (Lipinski definition) is 3. The average molecular weight is 579 g/mol. The summed E-state index contributed by atoms with van der Waals surface area (Å²) in [5, 5.41) is 15.5. The fraction of sp³-hybridized carbons (Fsp3) is 0.333. The van der Waals surface area contributed by atoms with E-state index in [1.54, 1.807) is 48.2 Å². The van der Waals surface area contributed by atoms with E-state index in [0.717, 1.165) is 10.5 Å². The van der Waals surface area contributed by atoms with Crippen molar-refractivity contribution in [3.8, 4) is 0 Å². The number of rotatable bonds is 9. The number of carbonyl (C=O) groups is 4. The summed E-state index contributed by atoms with van der Waals surface area (Å²) in [7, 11) is 0. The molecule has 0 aliphatic carbocycles. The number of carbonyl (C=O) groups excluding carboxylic acids is 3. The Balaban J connectivity index is 1.51. The second-order valence-electron chi connectivity index (χ2n) is 8.84. The van der Waals surface area contributed by atoms with E-state index in [1.807, 2.05) is 12.3 Å². The Kier molecular flexibility index (Phi) is 10.6. The van der Waals surface area contributed by atoms with Gasteiger partial charge in [0.05, 0.1) is 10.0 Å². The summed E-state index contributed by atoms with van der Waals surface area (Å²) in [6.07, 6.45) is 5.72. The lowest BCUT2D eigenvalue weighted by Gasteiger charge is -2.31. The number of benzene rings is 2. The minimum Gasteiger partial charge on any atom is -0.480 e. The van der Waals surface area contributed by atoms with Gasteiger partial charge in [-0.1, -0.05) is 47.5 Å². The van der Waals surface area contributed by atoms with Gasteiger partial charge in [0.25, 0.3) is 5.91 Å². The maximum atomic E-state index is 12.8. The predicted octanol–water partition coefficient (Wildman–Crippen LogP) is 4.27. The standard InChI is InChI=1S/C27H29Cl2N3O5S/c1-16-5-3-4-6-19(16)26(35)30-15-20(27(36)37)31-25(34)18-11-13-32(14-12-18)22(33)10-8-17-7-9-21(38-2)24(29)23(17)28/h3-10,18,20H,11-15H2,1-2H3,(H,30,35)(H,31,34)(H,36,37)/t20-/m0/s1. The number of nitrogens with zero attached hydrogens (tertiary/aromatic N) is 1. The number of carboxylic acid groups (broad SMARTS) is 1.